The van der Waals surface area contributed by atoms with E-state index in [-0.39, 0.29) is 5.41 Å². The van der Waals surface area contributed by atoms with E-state index in [1.165, 1.54) is 44.9 Å². The quantitative estimate of drug-likeness (QED) is 0.152. The first kappa shape index (κ1) is 31.9. The Labute approximate surface area is 243 Å². The molecule has 0 saturated heterocycles. The molecule has 0 aliphatic heterocycles. The van der Waals surface area contributed by atoms with Gasteiger partial charge >= 0.3 is 0 Å². The summed E-state index contributed by atoms with van der Waals surface area (Å²) in [6.45, 7) is 26.9. The van der Waals surface area contributed by atoms with E-state index in [2.05, 4.69) is 77.9 Å². The SMILES string of the molecule is CO/N=C(\CO[Si](C)(C)C)C1CCC2C3CC[C@@H]4C[C@H](O[Si](C)(C)C)CCC4(C)C3C(O[Si](C)(C)C)CC12C. The Kier molecular flexibility index (Phi) is 9.21. The van der Waals surface area contributed by atoms with Gasteiger partial charge in [-0.25, -0.2) is 0 Å². The summed E-state index contributed by atoms with van der Waals surface area (Å²) in [5.74, 6) is 3.32. The highest BCUT2D eigenvalue weighted by Gasteiger charge is 2.64. The normalized spacial score (nSPS) is 41.5. The second kappa shape index (κ2) is 11.3. The van der Waals surface area contributed by atoms with Crippen LogP contribution in [-0.2, 0) is 18.1 Å². The van der Waals surface area contributed by atoms with Crippen molar-refractivity contribution >= 4 is 30.7 Å². The lowest BCUT2D eigenvalue weighted by molar-refractivity contribution is -0.168. The fourth-order valence-corrected chi connectivity index (χ4v) is 12.6. The molecule has 0 aromatic rings. The van der Waals surface area contributed by atoms with Gasteiger partial charge in [-0.2, -0.15) is 0 Å². The first-order chi connectivity index (χ1) is 17.9. The summed E-state index contributed by atoms with van der Waals surface area (Å²) >= 11 is 0. The van der Waals surface area contributed by atoms with Crippen LogP contribution < -0.4 is 0 Å². The minimum Gasteiger partial charge on any atom is -0.415 e. The Balaban J connectivity index is 1.64. The molecule has 0 radical (unpaired) electrons. The Morgan fingerprint density at radius 3 is 2.05 bits per heavy atom. The molecule has 9 atom stereocenters. The van der Waals surface area contributed by atoms with Gasteiger partial charge in [0.1, 0.15) is 7.11 Å². The summed E-state index contributed by atoms with van der Waals surface area (Å²) < 4.78 is 20.4. The minimum atomic E-state index is -1.73. The molecule has 0 aromatic carbocycles. The van der Waals surface area contributed by atoms with Crippen molar-refractivity contribution in [2.24, 2.45) is 45.6 Å². The topological polar surface area (TPSA) is 49.3 Å². The third-order valence-electron chi connectivity index (χ3n) is 10.8. The van der Waals surface area contributed by atoms with Crippen molar-refractivity contribution in [2.45, 2.75) is 136 Å². The zero-order valence-corrected chi connectivity index (χ0v) is 30.5. The largest absolute Gasteiger partial charge is 0.415 e. The first-order valence-corrected chi connectivity index (χ1v) is 26.2. The van der Waals surface area contributed by atoms with Crippen LogP contribution in [0.2, 0.25) is 58.9 Å². The average molecular weight is 596 g/mol. The van der Waals surface area contributed by atoms with Crippen LogP contribution in [0.15, 0.2) is 5.16 Å². The molecule has 39 heavy (non-hydrogen) atoms. The fraction of sp³-hybridized carbons (Fsp3) is 0.968. The number of oxime groups is 1. The standard InChI is InChI=1S/C31H61NO4Si3/c1-30-18-17-23(35-38(7,8)9)19-22(30)13-14-24-25-15-16-26(27(32-33-3)21-34-37(4,5)6)31(25,2)20-28(29(24)30)36-39(10,11)12/h22-26,28-29H,13-21H2,1-12H3/b32-27+/t22-,23-,24?,25?,26?,28?,29?,30?,31?/m1/s1. The van der Waals surface area contributed by atoms with Crippen molar-refractivity contribution in [1.82, 2.24) is 0 Å². The van der Waals surface area contributed by atoms with Gasteiger partial charge in [0.2, 0.25) is 0 Å². The molecule has 0 bridgehead atoms. The van der Waals surface area contributed by atoms with E-state index in [1.54, 1.807) is 7.11 Å². The van der Waals surface area contributed by atoms with Gasteiger partial charge in [0.15, 0.2) is 25.0 Å². The number of hydrogen-bond acceptors (Lipinski definition) is 5. The second-order valence-electron chi connectivity index (χ2n) is 17.0. The summed E-state index contributed by atoms with van der Waals surface area (Å²) in [6.07, 6.45) is 11.0. The maximum atomic E-state index is 7.26. The van der Waals surface area contributed by atoms with E-state index in [1.807, 2.05) is 0 Å². The number of fused-ring (bicyclic) bond motifs is 5. The second-order valence-corrected chi connectivity index (χ2v) is 30.4. The van der Waals surface area contributed by atoms with E-state index >= 15 is 0 Å². The lowest BCUT2D eigenvalue weighted by Crippen LogP contribution is -2.61. The molecule has 4 fully saturated rings. The molecule has 8 heteroatoms. The molecule has 0 aromatic heterocycles. The van der Waals surface area contributed by atoms with Gasteiger partial charge in [-0.3, -0.25) is 0 Å². The van der Waals surface area contributed by atoms with Gasteiger partial charge in [0, 0.05) is 18.1 Å². The maximum absolute atomic E-state index is 7.26. The van der Waals surface area contributed by atoms with Gasteiger partial charge in [-0.15, -0.1) is 0 Å². The van der Waals surface area contributed by atoms with Crippen LogP contribution in [0.25, 0.3) is 0 Å². The zero-order chi connectivity index (χ0) is 29.0. The Morgan fingerprint density at radius 2 is 1.46 bits per heavy atom. The molecule has 226 valence electrons. The molecule has 0 amide bonds. The van der Waals surface area contributed by atoms with Gasteiger partial charge < -0.3 is 18.1 Å². The molecule has 5 nitrogen and oxygen atoms in total. The van der Waals surface area contributed by atoms with Gasteiger partial charge in [0.25, 0.3) is 0 Å². The molecule has 0 spiro atoms. The number of nitrogens with zero attached hydrogens (tertiary/aromatic N) is 1. The average Bonchev–Trinajstić information content (AvgIpc) is 3.10. The summed E-state index contributed by atoms with van der Waals surface area (Å²) in [5, 5.41) is 4.64. The van der Waals surface area contributed by atoms with Gasteiger partial charge in [-0.05, 0) is 145 Å². The van der Waals surface area contributed by atoms with Crippen molar-refractivity contribution in [1.29, 1.82) is 0 Å². The van der Waals surface area contributed by atoms with E-state index in [0.29, 0.717) is 36.1 Å². The molecule has 7 unspecified atom stereocenters. The highest BCUT2D eigenvalue weighted by atomic mass is 28.4. The molecular formula is C31H61NO4Si3. The smallest absolute Gasteiger partial charge is 0.184 e. The lowest BCUT2D eigenvalue weighted by Gasteiger charge is -2.64. The molecule has 4 aliphatic rings. The third kappa shape index (κ3) is 6.98. The predicted molar refractivity (Wildman–Crippen MR) is 171 cm³/mol. The maximum Gasteiger partial charge on any atom is 0.184 e. The molecule has 4 aliphatic carbocycles. The van der Waals surface area contributed by atoms with Crippen LogP contribution in [0.3, 0.4) is 0 Å². The highest BCUT2D eigenvalue weighted by Crippen LogP contribution is 2.68. The van der Waals surface area contributed by atoms with Crippen LogP contribution >= 0.6 is 0 Å². The van der Waals surface area contributed by atoms with E-state index in [4.69, 9.17) is 18.1 Å². The minimum absolute atomic E-state index is 0.187. The van der Waals surface area contributed by atoms with Crippen molar-refractivity contribution in [2.75, 3.05) is 13.7 Å². The van der Waals surface area contributed by atoms with E-state index in [0.717, 1.165) is 29.9 Å². The first-order valence-electron chi connectivity index (χ1n) is 16.0. The summed E-state index contributed by atoms with van der Waals surface area (Å²) in [7, 11) is -3.21. The lowest BCUT2D eigenvalue weighted by atomic mass is 9.44. The third-order valence-corrected chi connectivity index (χ3v) is 13.9. The highest BCUT2D eigenvalue weighted by molar-refractivity contribution is 6.70. The number of hydrogen-bond donors (Lipinski definition) is 0. The van der Waals surface area contributed by atoms with Gasteiger partial charge in [0.05, 0.1) is 12.3 Å². The predicted octanol–water partition coefficient (Wildman–Crippen LogP) is 8.55. The monoisotopic (exact) mass is 595 g/mol. The molecule has 0 heterocycles. The van der Waals surface area contributed by atoms with Crippen LogP contribution in [0.5, 0.6) is 0 Å². The zero-order valence-electron chi connectivity index (χ0n) is 27.5. The Hall–Kier alpha value is 0.000649. The molecule has 0 N–H and O–H groups in total. The fourth-order valence-electron chi connectivity index (χ4n) is 9.62. The van der Waals surface area contributed by atoms with Crippen LogP contribution in [0.1, 0.15) is 65.2 Å². The van der Waals surface area contributed by atoms with E-state index < -0.39 is 25.0 Å². The summed E-state index contributed by atoms with van der Waals surface area (Å²) in [4.78, 5) is 5.44. The van der Waals surface area contributed by atoms with Crippen LogP contribution in [0.4, 0.5) is 0 Å². The summed E-state index contributed by atoms with van der Waals surface area (Å²) in [5.41, 5.74) is 1.68. The van der Waals surface area contributed by atoms with Gasteiger partial charge in [-0.1, -0.05) is 19.0 Å². The van der Waals surface area contributed by atoms with Crippen LogP contribution in [-0.4, -0.2) is 56.6 Å². The number of rotatable bonds is 9. The van der Waals surface area contributed by atoms with Crippen molar-refractivity contribution in [3.8, 4) is 0 Å². The summed E-state index contributed by atoms with van der Waals surface area (Å²) in [6, 6.07) is 0. The Bertz CT molecular complexity index is 894. The van der Waals surface area contributed by atoms with E-state index in [9.17, 15) is 0 Å². The molecular weight excluding hydrogens is 535 g/mol. The molecule has 4 rings (SSSR count). The Morgan fingerprint density at radius 1 is 0.795 bits per heavy atom. The van der Waals surface area contributed by atoms with Crippen molar-refractivity contribution in [3.05, 3.63) is 0 Å². The molecule has 4 saturated carbocycles. The van der Waals surface area contributed by atoms with Crippen molar-refractivity contribution in [3.63, 3.8) is 0 Å². The van der Waals surface area contributed by atoms with Crippen LogP contribution in [0, 0.1) is 40.4 Å². The van der Waals surface area contributed by atoms with Crippen molar-refractivity contribution < 1.29 is 18.1 Å².